The van der Waals surface area contributed by atoms with Crippen LogP contribution in [0.5, 0.6) is 0 Å². The Bertz CT molecular complexity index is 8050. The van der Waals surface area contributed by atoms with Gasteiger partial charge >= 0.3 is 0 Å². The van der Waals surface area contributed by atoms with Crippen molar-refractivity contribution in [2.75, 3.05) is 0 Å². The van der Waals surface area contributed by atoms with Gasteiger partial charge in [0, 0.05) is 49.0 Å². The summed E-state index contributed by atoms with van der Waals surface area (Å²) in [5.41, 5.74) is 25.6. The van der Waals surface area contributed by atoms with Crippen LogP contribution in [0.2, 0.25) is 0 Å². The maximum atomic E-state index is 8.41. The predicted octanol–water partition coefficient (Wildman–Crippen LogP) is 32.7. The van der Waals surface area contributed by atoms with E-state index in [1.165, 1.54) is 110 Å². The van der Waals surface area contributed by atoms with E-state index in [1.54, 1.807) is 0 Å². The van der Waals surface area contributed by atoms with Gasteiger partial charge in [-0.15, -0.1) is 0 Å². The number of rotatable bonds is 9. The molecule has 0 bridgehead atoms. The van der Waals surface area contributed by atoms with Gasteiger partial charge in [-0.25, -0.2) is 0 Å². The van der Waals surface area contributed by atoms with Crippen LogP contribution >= 0.6 is 0 Å². The van der Waals surface area contributed by atoms with Gasteiger partial charge in [-0.2, -0.15) is 0 Å². The summed E-state index contributed by atoms with van der Waals surface area (Å²) >= 11 is 0. The molecule has 21 aromatic carbocycles. The molecule has 0 atom stereocenters. The van der Waals surface area contributed by atoms with Crippen molar-refractivity contribution in [1.82, 2.24) is 0 Å². The van der Waals surface area contributed by atoms with Crippen molar-refractivity contribution in [2.24, 2.45) is 0 Å². The van der Waals surface area contributed by atoms with Gasteiger partial charge in [-0.05, 0) is 191 Å². The van der Waals surface area contributed by atoms with E-state index in [0.717, 1.165) is 98.8 Å². The van der Waals surface area contributed by atoms with E-state index in [2.05, 4.69) is 388 Å². The lowest BCUT2D eigenvalue weighted by molar-refractivity contribution is 0.669. The molecule has 3 nitrogen and oxygen atoms in total. The number of hydrogen-bond acceptors (Lipinski definition) is 3. The van der Waals surface area contributed by atoms with Gasteiger partial charge in [0.05, 0.1) is 5.48 Å². The van der Waals surface area contributed by atoms with Crippen molar-refractivity contribution < 1.29 is 18.7 Å². The highest BCUT2D eigenvalue weighted by atomic mass is 16.3. The number of hydrogen-bond donors (Lipinski definition) is 0. The smallest absolute Gasteiger partial charge is 0.143 e. The summed E-state index contributed by atoms with van der Waals surface area (Å²) < 4.78 is 52.4. The molecule has 0 aliphatic carbocycles. The van der Waals surface area contributed by atoms with Crippen LogP contribution in [0.4, 0.5) is 0 Å². The van der Waals surface area contributed by atoms with Gasteiger partial charge in [0.2, 0.25) is 0 Å². The largest absolute Gasteiger partial charge is 0.456 e. The van der Waals surface area contributed by atoms with Crippen LogP contribution in [0, 0.1) is 0 Å². The fraction of sp³-hybridized carbons (Fsp3) is 0. The maximum Gasteiger partial charge on any atom is 0.143 e. The molecule has 117 heavy (non-hydrogen) atoms. The summed E-state index contributed by atoms with van der Waals surface area (Å²) in [6, 6.07) is 145. The summed E-state index contributed by atoms with van der Waals surface area (Å²) in [5.74, 6) is 0. The first kappa shape index (κ1) is 64.1. The van der Waals surface area contributed by atoms with Crippen molar-refractivity contribution in [3.63, 3.8) is 0 Å². The molecule has 3 aromatic heterocycles. The second-order valence-corrected chi connectivity index (χ2v) is 29.9. The third-order valence-corrected chi connectivity index (χ3v) is 23.3. The molecule has 0 saturated carbocycles. The topological polar surface area (TPSA) is 39.4 Å². The van der Waals surface area contributed by atoms with E-state index in [-0.39, 0.29) is 29.8 Å². The van der Waals surface area contributed by atoms with E-state index in [0.29, 0.717) is 16.4 Å². The minimum Gasteiger partial charge on any atom is -0.456 e. The summed E-state index contributed by atoms with van der Waals surface area (Å²) in [6.45, 7) is 0. The minimum atomic E-state index is -0.287. The number of para-hydroxylation sites is 2. The molecule has 0 radical (unpaired) electrons. The Labute approximate surface area is 681 Å². The number of furan rings is 3. The fourth-order valence-corrected chi connectivity index (χ4v) is 18.3. The lowest BCUT2D eigenvalue weighted by Crippen LogP contribution is -1.91. The van der Waals surface area contributed by atoms with Crippen LogP contribution in [-0.4, -0.2) is 0 Å². The molecule has 3 heterocycles. The Morgan fingerprint density at radius 3 is 0.940 bits per heavy atom. The van der Waals surface area contributed by atoms with Crippen molar-refractivity contribution >= 4 is 130 Å². The molecule has 3 heteroatoms. The van der Waals surface area contributed by atoms with Crippen LogP contribution in [-0.2, 0) is 0 Å². The molecule has 0 fully saturated rings. The zero-order valence-electron chi connectivity index (χ0n) is 67.5. The Morgan fingerprint density at radius 2 is 0.487 bits per heavy atom. The van der Waals surface area contributed by atoms with Crippen molar-refractivity contribution in [3.8, 4) is 100 Å². The third kappa shape index (κ3) is 11.7. The highest BCUT2D eigenvalue weighted by molar-refractivity contribution is 6.28. The minimum absolute atomic E-state index is 0.0781. The summed E-state index contributed by atoms with van der Waals surface area (Å²) in [5, 5.41) is 20.2. The number of fused-ring (bicyclic) bond motifs is 15. The van der Waals surface area contributed by atoms with Crippen LogP contribution in [0.25, 0.3) is 231 Å². The van der Waals surface area contributed by atoms with Gasteiger partial charge in [-0.1, -0.05) is 394 Å². The molecular weight excluding hydrogens is 1420 g/mol. The van der Waals surface area contributed by atoms with Crippen LogP contribution in [0.15, 0.2) is 450 Å². The Morgan fingerprint density at radius 1 is 0.154 bits per heavy atom. The van der Waals surface area contributed by atoms with Crippen molar-refractivity contribution in [1.29, 1.82) is 0 Å². The first-order valence-corrected chi connectivity index (χ1v) is 39.8. The molecule has 0 amide bonds. The molecule has 0 aliphatic rings. The lowest BCUT2D eigenvalue weighted by Gasteiger charge is -2.17. The lowest BCUT2D eigenvalue weighted by atomic mass is 9.85. The Kier molecular flexibility index (Phi) is 15.9. The molecule has 0 saturated heterocycles. The van der Waals surface area contributed by atoms with Gasteiger partial charge in [-0.3, -0.25) is 0 Å². The molecule has 0 aliphatic heterocycles. The van der Waals surface area contributed by atoms with E-state index in [9.17, 15) is 0 Å². The normalized spacial score (nSPS) is 12.1. The van der Waals surface area contributed by atoms with E-state index in [1.807, 2.05) is 24.3 Å². The van der Waals surface area contributed by atoms with E-state index in [4.69, 9.17) is 18.7 Å². The Balaban J connectivity index is 0.000000109. The zero-order chi connectivity index (χ0) is 80.8. The Hall–Kier alpha value is -15.4. The van der Waals surface area contributed by atoms with Crippen molar-refractivity contribution in [2.45, 2.75) is 0 Å². The molecular formula is C114H72O3. The average molecular weight is 1490 g/mol. The predicted molar refractivity (Wildman–Crippen MR) is 495 cm³/mol. The number of benzene rings is 21. The van der Waals surface area contributed by atoms with Crippen molar-refractivity contribution in [3.05, 3.63) is 437 Å². The second-order valence-electron chi connectivity index (χ2n) is 29.9. The first-order valence-electron chi connectivity index (χ1n) is 41.8. The van der Waals surface area contributed by atoms with E-state index >= 15 is 0 Å². The van der Waals surface area contributed by atoms with Gasteiger partial charge in [0.1, 0.15) is 33.5 Å². The highest BCUT2D eigenvalue weighted by Crippen LogP contribution is 2.52. The highest BCUT2D eigenvalue weighted by Gasteiger charge is 2.25. The first-order chi connectivity index (χ1) is 59.8. The third-order valence-electron chi connectivity index (χ3n) is 23.3. The zero-order valence-corrected chi connectivity index (χ0v) is 63.5. The maximum absolute atomic E-state index is 8.41. The fourth-order valence-electron chi connectivity index (χ4n) is 18.3. The standard InChI is InChI=1S/C44H28O.C38H24O.C32H20O/c1-4-14-29(15-5-1)33-25-26-34(30-16-6-2-7-17-30)44-43(33)39-28-32(24-27-40(39)45-44)42-37-22-12-10-20-35(37)41(31-18-8-3-9-19-31)36-21-11-13-23-38(36)42;1-3-13-25(14-4-1)27-21-12-24-34-37(27)33-23-11-22-32(38(33)39-34)36-30-19-9-7-17-28(30)35(26-15-5-2-6-16-26)29-18-8-10-20-31(29)36;1-2-10-21(11-3-1)31-25-13-4-6-15-27(25)32(28-16-7-5-14-26(28)31)22-18-19-24-23-12-8-9-17-29(23)33-30(24)20-22/h1-28H;1-24H;1-20H/i;;8D,9D,12D,17D. The molecule has 0 unspecified atom stereocenters. The quantitative estimate of drug-likeness (QED) is 0.135. The summed E-state index contributed by atoms with van der Waals surface area (Å²) in [4.78, 5) is 0. The van der Waals surface area contributed by atoms with Gasteiger partial charge < -0.3 is 13.3 Å². The molecule has 24 rings (SSSR count). The molecule has 24 aromatic rings. The molecule has 0 N–H and O–H groups in total. The average Bonchev–Trinajstić information content (AvgIpc) is 1.72. The van der Waals surface area contributed by atoms with Gasteiger partial charge in [0.25, 0.3) is 0 Å². The van der Waals surface area contributed by atoms with Crippen LogP contribution in [0.1, 0.15) is 5.48 Å². The van der Waals surface area contributed by atoms with E-state index < -0.39 is 0 Å². The summed E-state index contributed by atoms with van der Waals surface area (Å²) in [6.07, 6.45) is 0. The molecule has 546 valence electrons. The second kappa shape index (κ2) is 29.0. The van der Waals surface area contributed by atoms with Crippen LogP contribution in [0.3, 0.4) is 0 Å². The monoisotopic (exact) mass is 1490 g/mol. The SMILES string of the molecule is [2H]c1c([2H])c([2H])c2c(oc3cc(-c4c5ccccc5c(-c5ccccc5)c5ccccc45)ccc32)c1[2H].c1ccc(-c2c3ccccc3c(-c3ccc4oc5c(-c6ccccc6)ccc(-c6ccccc6)c5c4c3)c3ccccc23)cc1.c1ccc(-c2c3ccccc3c(-c3cccc4c3oc3cccc(-c5ccccc5)c34)c3ccccc23)cc1. The van der Waals surface area contributed by atoms with Crippen LogP contribution < -0.4 is 0 Å². The summed E-state index contributed by atoms with van der Waals surface area (Å²) in [7, 11) is 0. The molecule has 0 spiro atoms. The van der Waals surface area contributed by atoms with Gasteiger partial charge in [0.15, 0.2) is 0 Å².